The number of ether oxygens (including phenoxy) is 1. The van der Waals surface area contributed by atoms with Gasteiger partial charge in [0.25, 0.3) is 0 Å². The summed E-state index contributed by atoms with van der Waals surface area (Å²) < 4.78 is 5.44. The van der Waals surface area contributed by atoms with E-state index < -0.39 is 0 Å². The number of phenolic OH excluding ortho intramolecular Hbond substituents is 1. The predicted molar refractivity (Wildman–Crippen MR) is 76.0 cm³/mol. The van der Waals surface area contributed by atoms with Gasteiger partial charge in [-0.25, -0.2) is 0 Å². The lowest BCUT2D eigenvalue weighted by Crippen LogP contribution is -1.95. The molecular formula is C16H26O2. The number of rotatable bonds is 10. The van der Waals surface area contributed by atoms with Gasteiger partial charge in [0.05, 0.1) is 0 Å². The molecule has 18 heavy (non-hydrogen) atoms. The summed E-state index contributed by atoms with van der Waals surface area (Å²) in [6.07, 6.45) is 8.19. The molecule has 1 aromatic carbocycles. The number of benzene rings is 1. The van der Waals surface area contributed by atoms with Crippen molar-refractivity contribution in [2.24, 2.45) is 0 Å². The molecule has 0 spiro atoms. The van der Waals surface area contributed by atoms with Gasteiger partial charge in [0.2, 0.25) is 0 Å². The highest BCUT2D eigenvalue weighted by molar-refractivity contribution is 5.31. The van der Waals surface area contributed by atoms with E-state index in [2.05, 4.69) is 6.92 Å². The highest BCUT2D eigenvalue weighted by Gasteiger charge is 1.99. The van der Waals surface area contributed by atoms with Crippen molar-refractivity contribution in [3.63, 3.8) is 0 Å². The number of para-hydroxylation sites is 1. The van der Waals surface area contributed by atoms with Gasteiger partial charge in [-0.2, -0.15) is 0 Å². The van der Waals surface area contributed by atoms with Gasteiger partial charge in [-0.05, 0) is 37.3 Å². The molecule has 0 atom stereocenters. The first kappa shape index (κ1) is 15.0. The van der Waals surface area contributed by atoms with E-state index >= 15 is 0 Å². The van der Waals surface area contributed by atoms with Crippen LogP contribution in [-0.2, 0) is 11.2 Å². The molecule has 1 aromatic rings. The van der Waals surface area contributed by atoms with Crippen molar-refractivity contribution in [2.75, 3.05) is 13.2 Å². The molecule has 0 saturated carbocycles. The number of aryl methyl sites for hydroxylation is 1. The fourth-order valence-corrected chi connectivity index (χ4v) is 2.02. The van der Waals surface area contributed by atoms with Crippen LogP contribution in [-0.4, -0.2) is 18.3 Å². The molecule has 2 heteroatoms. The van der Waals surface area contributed by atoms with Crippen LogP contribution in [0.25, 0.3) is 0 Å². The molecule has 0 radical (unpaired) electrons. The quantitative estimate of drug-likeness (QED) is 0.627. The topological polar surface area (TPSA) is 29.5 Å². The maximum absolute atomic E-state index is 9.62. The van der Waals surface area contributed by atoms with Gasteiger partial charge in [0.1, 0.15) is 5.75 Å². The Morgan fingerprint density at radius 2 is 1.67 bits per heavy atom. The molecular weight excluding hydrogens is 224 g/mol. The van der Waals surface area contributed by atoms with Crippen LogP contribution in [0.2, 0.25) is 0 Å². The lowest BCUT2D eigenvalue weighted by Gasteiger charge is -2.05. The first-order chi connectivity index (χ1) is 8.84. The van der Waals surface area contributed by atoms with Crippen LogP contribution < -0.4 is 0 Å². The zero-order chi connectivity index (χ0) is 13.1. The molecule has 0 aromatic heterocycles. The summed E-state index contributed by atoms with van der Waals surface area (Å²) in [5.41, 5.74) is 1.07. The molecule has 0 aliphatic heterocycles. The Hall–Kier alpha value is -1.02. The second-order valence-corrected chi connectivity index (χ2v) is 4.76. The third-order valence-corrected chi connectivity index (χ3v) is 3.07. The Morgan fingerprint density at radius 1 is 0.944 bits per heavy atom. The van der Waals surface area contributed by atoms with Crippen LogP contribution in [0, 0.1) is 0 Å². The van der Waals surface area contributed by atoms with E-state index in [0.29, 0.717) is 5.75 Å². The third kappa shape index (κ3) is 6.65. The molecule has 0 bridgehead atoms. The van der Waals surface area contributed by atoms with Gasteiger partial charge < -0.3 is 9.84 Å². The number of hydrogen-bond donors (Lipinski definition) is 1. The van der Waals surface area contributed by atoms with Crippen molar-refractivity contribution >= 4 is 0 Å². The Morgan fingerprint density at radius 3 is 2.44 bits per heavy atom. The summed E-state index contributed by atoms with van der Waals surface area (Å²) in [5.74, 6) is 0.436. The molecule has 2 nitrogen and oxygen atoms in total. The smallest absolute Gasteiger partial charge is 0.118 e. The highest BCUT2D eigenvalue weighted by atomic mass is 16.5. The normalized spacial score (nSPS) is 10.7. The van der Waals surface area contributed by atoms with E-state index in [1.807, 2.05) is 18.2 Å². The Kier molecular flexibility index (Phi) is 8.32. The second-order valence-electron chi connectivity index (χ2n) is 4.76. The second kappa shape index (κ2) is 9.95. The summed E-state index contributed by atoms with van der Waals surface area (Å²) in [6, 6.07) is 7.63. The van der Waals surface area contributed by atoms with E-state index in [-0.39, 0.29) is 0 Å². The van der Waals surface area contributed by atoms with Gasteiger partial charge in [-0.3, -0.25) is 0 Å². The monoisotopic (exact) mass is 250 g/mol. The maximum Gasteiger partial charge on any atom is 0.118 e. The summed E-state index contributed by atoms with van der Waals surface area (Å²) in [6.45, 7) is 3.94. The SMILES string of the molecule is CCCOCCCCCCCc1ccccc1O. The molecule has 0 fully saturated rings. The van der Waals surface area contributed by atoms with Gasteiger partial charge in [0.15, 0.2) is 0 Å². The van der Waals surface area contributed by atoms with Crippen LogP contribution in [0.4, 0.5) is 0 Å². The Bertz CT molecular complexity index is 310. The van der Waals surface area contributed by atoms with Crippen LogP contribution in [0.3, 0.4) is 0 Å². The van der Waals surface area contributed by atoms with Crippen molar-refractivity contribution in [3.05, 3.63) is 29.8 Å². The van der Waals surface area contributed by atoms with E-state index in [1.165, 1.54) is 25.7 Å². The standard InChI is InChI=1S/C16H26O2/c1-2-13-18-14-9-5-3-4-6-10-15-11-7-8-12-16(15)17/h7-8,11-12,17H,2-6,9-10,13-14H2,1H3. The fraction of sp³-hybridized carbons (Fsp3) is 0.625. The minimum Gasteiger partial charge on any atom is -0.508 e. The molecule has 0 amide bonds. The molecule has 1 rings (SSSR count). The van der Waals surface area contributed by atoms with Crippen LogP contribution in [0.1, 0.15) is 51.0 Å². The molecule has 0 heterocycles. The van der Waals surface area contributed by atoms with Crippen molar-refractivity contribution in [2.45, 2.75) is 51.9 Å². The summed E-state index contributed by atoms with van der Waals surface area (Å²) in [7, 11) is 0. The molecule has 102 valence electrons. The van der Waals surface area contributed by atoms with E-state index in [4.69, 9.17) is 4.74 Å². The zero-order valence-electron chi connectivity index (χ0n) is 11.5. The Labute approximate surface area is 111 Å². The summed E-state index contributed by atoms with van der Waals surface area (Å²) in [4.78, 5) is 0. The van der Waals surface area contributed by atoms with Crippen molar-refractivity contribution in [1.29, 1.82) is 0 Å². The van der Waals surface area contributed by atoms with Crippen molar-refractivity contribution < 1.29 is 9.84 Å². The number of phenols is 1. The van der Waals surface area contributed by atoms with E-state index in [0.717, 1.165) is 38.0 Å². The number of unbranched alkanes of at least 4 members (excludes halogenated alkanes) is 4. The maximum atomic E-state index is 9.62. The largest absolute Gasteiger partial charge is 0.508 e. The molecule has 0 aliphatic carbocycles. The van der Waals surface area contributed by atoms with Crippen LogP contribution in [0.15, 0.2) is 24.3 Å². The van der Waals surface area contributed by atoms with Gasteiger partial charge in [0, 0.05) is 13.2 Å². The number of hydrogen-bond acceptors (Lipinski definition) is 2. The fourth-order valence-electron chi connectivity index (χ4n) is 2.02. The first-order valence-electron chi connectivity index (χ1n) is 7.19. The average Bonchev–Trinajstić information content (AvgIpc) is 2.39. The molecule has 0 unspecified atom stereocenters. The molecule has 0 saturated heterocycles. The third-order valence-electron chi connectivity index (χ3n) is 3.07. The zero-order valence-corrected chi connectivity index (χ0v) is 11.5. The van der Waals surface area contributed by atoms with E-state index in [1.54, 1.807) is 6.07 Å². The minimum atomic E-state index is 0.436. The van der Waals surface area contributed by atoms with Crippen LogP contribution in [0.5, 0.6) is 5.75 Å². The van der Waals surface area contributed by atoms with Crippen LogP contribution >= 0.6 is 0 Å². The molecule has 1 N–H and O–H groups in total. The first-order valence-corrected chi connectivity index (χ1v) is 7.19. The summed E-state index contributed by atoms with van der Waals surface area (Å²) >= 11 is 0. The predicted octanol–water partition coefficient (Wildman–Crippen LogP) is 4.31. The van der Waals surface area contributed by atoms with Gasteiger partial charge >= 0.3 is 0 Å². The van der Waals surface area contributed by atoms with Crippen molar-refractivity contribution in [1.82, 2.24) is 0 Å². The Balaban J connectivity index is 1.94. The minimum absolute atomic E-state index is 0.436. The van der Waals surface area contributed by atoms with E-state index in [9.17, 15) is 5.11 Å². The summed E-state index contributed by atoms with van der Waals surface area (Å²) in [5, 5.41) is 9.62. The van der Waals surface area contributed by atoms with Gasteiger partial charge in [-0.15, -0.1) is 0 Å². The lowest BCUT2D eigenvalue weighted by atomic mass is 10.0. The molecule has 0 aliphatic rings. The van der Waals surface area contributed by atoms with Gasteiger partial charge in [-0.1, -0.05) is 44.4 Å². The van der Waals surface area contributed by atoms with Crippen molar-refractivity contribution in [3.8, 4) is 5.75 Å². The number of aromatic hydroxyl groups is 1. The average molecular weight is 250 g/mol. The highest BCUT2D eigenvalue weighted by Crippen LogP contribution is 2.18. The lowest BCUT2D eigenvalue weighted by molar-refractivity contribution is 0.130.